The number of carbonyl (C=O) groups excluding carboxylic acids is 1. The highest BCUT2D eigenvalue weighted by Crippen LogP contribution is 2.19. The number of ketones is 1. The number of rotatable bonds is 4. The summed E-state index contributed by atoms with van der Waals surface area (Å²) in [6, 6.07) is 7.44. The van der Waals surface area contributed by atoms with E-state index >= 15 is 0 Å². The van der Waals surface area contributed by atoms with E-state index in [0.29, 0.717) is 17.9 Å². The lowest BCUT2D eigenvalue weighted by molar-refractivity contribution is 0.0912. The fraction of sp³-hybridized carbons (Fsp3) is 0.500. The van der Waals surface area contributed by atoms with E-state index in [9.17, 15) is 4.79 Å². The molecule has 1 heterocycles. The third-order valence-corrected chi connectivity index (χ3v) is 3.22. The van der Waals surface area contributed by atoms with Crippen LogP contribution in [0.15, 0.2) is 24.3 Å². The van der Waals surface area contributed by atoms with Crippen LogP contribution in [0.3, 0.4) is 0 Å². The minimum absolute atomic E-state index is 0.157. The van der Waals surface area contributed by atoms with Gasteiger partial charge in [-0.15, -0.1) is 0 Å². The lowest BCUT2D eigenvalue weighted by Gasteiger charge is -2.25. The molecule has 0 atom stereocenters. The Morgan fingerprint density at radius 2 is 1.94 bits per heavy atom. The second kappa shape index (κ2) is 5.82. The molecule has 1 aromatic carbocycles. The van der Waals surface area contributed by atoms with E-state index in [1.165, 1.54) is 19.3 Å². The van der Waals surface area contributed by atoms with Crippen molar-refractivity contribution in [2.24, 2.45) is 0 Å². The molecule has 0 bridgehead atoms. The Kier molecular flexibility index (Phi) is 4.15. The van der Waals surface area contributed by atoms with Crippen LogP contribution in [0.25, 0.3) is 0 Å². The molecule has 0 aromatic heterocycles. The summed E-state index contributed by atoms with van der Waals surface area (Å²) in [4.78, 5) is 14.4. The monoisotopic (exact) mass is 233 g/mol. The number of benzene rings is 1. The van der Waals surface area contributed by atoms with Gasteiger partial charge in [-0.25, -0.2) is 0 Å². The first-order chi connectivity index (χ1) is 8.31. The van der Waals surface area contributed by atoms with Gasteiger partial charge >= 0.3 is 0 Å². The Morgan fingerprint density at radius 1 is 1.24 bits per heavy atom. The Balaban J connectivity index is 2.03. The zero-order chi connectivity index (χ0) is 12.1. The second-order valence-electron chi connectivity index (χ2n) is 4.46. The van der Waals surface area contributed by atoms with Crippen LogP contribution in [0.2, 0.25) is 0 Å². The molecule has 1 aliphatic heterocycles. The molecular formula is C14H19NO2. The van der Waals surface area contributed by atoms with Crippen LogP contribution in [0.1, 0.15) is 29.6 Å². The Morgan fingerprint density at radius 3 is 2.65 bits per heavy atom. The molecule has 0 N–H and O–H groups in total. The van der Waals surface area contributed by atoms with Crippen LogP contribution in [0.5, 0.6) is 5.75 Å². The van der Waals surface area contributed by atoms with E-state index in [1.807, 2.05) is 24.3 Å². The number of nitrogens with zero attached hydrogens (tertiary/aromatic N) is 1. The first kappa shape index (κ1) is 12.1. The number of piperidine rings is 1. The number of likely N-dealkylation sites (tertiary alicyclic amines) is 1. The summed E-state index contributed by atoms with van der Waals surface area (Å²) in [7, 11) is 1.60. The maximum atomic E-state index is 12.2. The molecule has 1 aromatic rings. The summed E-state index contributed by atoms with van der Waals surface area (Å²) in [5.41, 5.74) is 0.695. The topological polar surface area (TPSA) is 29.5 Å². The zero-order valence-corrected chi connectivity index (χ0v) is 10.3. The largest absolute Gasteiger partial charge is 0.496 e. The quantitative estimate of drug-likeness (QED) is 0.748. The Labute approximate surface area is 102 Å². The van der Waals surface area contributed by atoms with Gasteiger partial charge in [0.25, 0.3) is 0 Å². The standard InChI is InChI=1S/C14H19NO2/c1-17-14-8-4-3-7-12(14)13(16)11-15-9-5-2-6-10-15/h3-4,7-8H,2,5-6,9-11H2,1H3. The van der Waals surface area contributed by atoms with E-state index in [0.717, 1.165) is 13.1 Å². The van der Waals surface area contributed by atoms with Crippen LogP contribution >= 0.6 is 0 Å². The predicted molar refractivity (Wildman–Crippen MR) is 67.6 cm³/mol. The smallest absolute Gasteiger partial charge is 0.180 e. The van der Waals surface area contributed by atoms with Gasteiger partial charge in [0, 0.05) is 0 Å². The molecule has 3 nitrogen and oxygen atoms in total. The van der Waals surface area contributed by atoms with Gasteiger partial charge in [0.15, 0.2) is 5.78 Å². The molecule has 0 unspecified atom stereocenters. The number of methoxy groups -OCH3 is 1. The van der Waals surface area contributed by atoms with E-state index in [2.05, 4.69) is 4.90 Å². The van der Waals surface area contributed by atoms with Gasteiger partial charge < -0.3 is 4.74 Å². The van der Waals surface area contributed by atoms with Gasteiger partial charge in [-0.2, -0.15) is 0 Å². The Bertz CT molecular complexity index is 384. The maximum Gasteiger partial charge on any atom is 0.180 e. The number of hydrogen-bond donors (Lipinski definition) is 0. The molecule has 1 fully saturated rings. The predicted octanol–water partition coefficient (Wildman–Crippen LogP) is 2.36. The first-order valence-corrected chi connectivity index (χ1v) is 6.20. The molecule has 2 rings (SSSR count). The highest BCUT2D eigenvalue weighted by atomic mass is 16.5. The second-order valence-corrected chi connectivity index (χ2v) is 4.46. The van der Waals surface area contributed by atoms with Crippen molar-refractivity contribution in [3.05, 3.63) is 29.8 Å². The van der Waals surface area contributed by atoms with Crippen LogP contribution in [0, 0.1) is 0 Å². The van der Waals surface area contributed by atoms with Crippen molar-refractivity contribution < 1.29 is 9.53 Å². The summed E-state index contributed by atoms with van der Waals surface area (Å²) < 4.78 is 5.22. The van der Waals surface area contributed by atoms with Gasteiger partial charge in [0.1, 0.15) is 5.75 Å². The molecule has 0 amide bonds. The average molecular weight is 233 g/mol. The molecule has 0 aliphatic carbocycles. The number of ether oxygens (including phenoxy) is 1. The normalized spacial score (nSPS) is 16.8. The minimum Gasteiger partial charge on any atom is -0.496 e. The van der Waals surface area contributed by atoms with Gasteiger partial charge in [0.2, 0.25) is 0 Å². The van der Waals surface area contributed by atoms with Gasteiger partial charge in [0.05, 0.1) is 19.2 Å². The molecule has 3 heteroatoms. The Hall–Kier alpha value is -1.35. The summed E-state index contributed by atoms with van der Waals surface area (Å²) >= 11 is 0. The van der Waals surface area contributed by atoms with Crippen molar-refractivity contribution >= 4 is 5.78 Å². The molecule has 1 saturated heterocycles. The molecule has 0 spiro atoms. The summed E-state index contributed by atoms with van der Waals surface area (Å²) in [5, 5.41) is 0. The highest BCUT2D eigenvalue weighted by molar-refractivity contribution is 6.00. The third kappa shape index (κ3) is 3.07. The summed E-state index contributed by atoms with van der Waals surface area (Å²) in [5.74, 6) is 0.832. The summed E-state index contributed by atoms with van der Waals surface area (Å²) in [6.07, 6.45) is 3.71. The van der Waals surface area contributed by atoms with Crippen molar-refractivity contribution in [3.63, 3.8) is 0 Å². The lowest BCUT2D eigenvalue weighted by atomic mass is 10.1. The fourth-order valence-electron chi connectivity index (χ4n) is 2.28. The van der Waals surface area contributed by atoms with Crippen LogP contribution < -0.4 is 4.74 Å². The molecule has 0 saturated carbocycles. The molecule has 17 heavy (non-hydrogen) atoms. The van der Waals surface area contributed by atoms with Crippen LogP contribution in [-0.4, -0.2) is 37.4 Å². The van der Waals surface area contributed by atoms with E-state index in [-0.39, 0.29) is 5.78 Å². The molecular weight excluding hydrogens is 214 g/mol. The number of Topliss-reactive ketones (excluding diaryl/α,β-unsaturated/α-hetero) is 1. The number of para-hydroxylation sites is 1. The first-order valence-electron chi connectivity index (χ1n) is 6.20. The van der Waals surface area contributed by atoms with E-state index < -0.39 is 0 Å². The zero-order valence-electron chi connectivity index (χ0n) is 10.3. The molecule has 0 radical (unpaired) electrons. The third-order valence-electron chi connectivity index (χ3n) is 3.22. The van der Waals surface area contributed by atoms with Crippen molar-refractivity contribution in [2.75, 3.05) is 26.7 Å². The van der Waals surface area contributed by atoms with Crippen molar-refractivity contribution in [3.8, 4) is 5.75 Å². The highest BCUT2D eigenvalue weighted by Gasteiger charge is 2.17. The summed E-state index contributed by atoms with van der Waals surface area (Å²) in [6.45, 7) is 2.60. The number of carbonyl (C=O) groups is 1. The van der Waals surface area contributed by atoms with E-state index in [1.54, 1.807) is 7.11 Å². The molecule has 1 aliphatic rings. The SMILES string of the molecule is COc1ccccc1C(=O)CN1CCCCC1. The van der Waals surface area contributed by atoms with Crippen molar-refractivity contribution in [2.45, 2.75) is 19.3 Å². The van der Waals surface area contributed by atoms with Gasteiger partial charge in [-0.05, 0) is 38.1 Å². The van der Waals surface area contributed by atoms with Gasteiger partial charge in [-0.1, -0.05) is 18.6 Å². The van der Waals surface area contributed by atoms with Crippen molar-refractivity contribution in [1.29, 1.82) is 0 Å². The lowest BCUT2D eigenvalue weighted by Crippen LogP contribution is -2.34. The molecule has 92 valence electrons. The average Bonchev–Trinajstić information content (AvgIpc) is 2.40. The number of hydrogen-bond acceptors (Lipinski definition) is 3. The fourth-order valence-corrected chi connectivity index (χ4v) is 2.28. The van der Waals surface area contributed by atoms with Crippen LogP contribution in [0.4, 0.5) is 0 Å². The van der Waals surface area contributed by atoms with E-state index in [4.69, 9.17) is 4.74 Å². The maximum absolute atomic E-state index is 12.2. The van der Waals surface area contributed by atoms with Crippen LogP contribution in [-0.2, 0) is 0 Å². The van der Waals surface area contributed by atoms with Crippen molar-refractivity contribution in [1.82, 2.24) is 4.90 Å². The minimum atomic E-state index is 0.157. The van der Waals surface area contributed by atoms with Gasteiger partial charge in [-0.3, -0.25) is 9.69 Å².